The van der Waals surface area contributed by atoms with Crippen molar-refractivity contribution in [2.24, 2.45) is 16.6 Å². The van der Waals surface area contributed by atoms with Crippen molar-refractivity contribution in [3.8, 4) is 0 Å². The Morgan fingerprint density at radius 2 is 1.64 bits per heavy atom. The molecule has 0 aromatic carbocycles. The van der Waals surface area contributed by atoms with E-state index in [1.807, 2.05) is 0 Å². The van der Waals surface area contributed by atoms with Gasteiger partial charge in [0.15, 0.2) is 5.96 Å². The number of carbonyl (C=O) groups excluding carboxylic acids is 1. The Hall–Kier alpha value is -1.30. The van der Waals surface area contributed by atoms with E-state index in [9.17, 15) is 4.79 Å². The monoisotopic (exact) mass is 395 g/mol. The summed E-state index contributed by atoms with van der Waals surface area (Å²) in [6.07, 6.45) is 13.4. The highest BCUT2D eigenvalue weighted by Crippen LogP contribution is 2.16. The minimum atomic E-state index is -0.129. The molecule has 0 aliphatic carbocycles. The maximum absolute atomic E-state index is 11.2. The Morgan fingerprint density at radius 1 is 0.964 bits per heavy atom. The lowest BCUT2D eigenvalue weighted by atomic mass is 9.96. The second kappa shape index (κ2) is 16.6. The van der Waals surface area contributed by atoms with Crippen molar-refractivity contribution < 1.29 is 4.79 Å². The average molecular weight is 396 g/mol. The summed E-state index contributed by atoms with van der Waals surface area (Å²) in [6.45, 7) is 10.3. The van der Waals surface area contributed by atoms with Crippen LogP contribution in [0.3, 0.4) is 0 Å². The highest BCUT2D eigenvalue weighted by molar-refractivity contribution is 5.79. The molecule has 0 spiro atoms. The van der Waals surface area contributed by atoms with Crippen molar-refractivity contribution in [2.45, 2.75) is 84.5 Å². The first kappa shape index (κ1) is 24.7. The van der Waals surface area contributed by atoms with Crippen molar-refractivity contribution in [3.63, 3.8) is 0 Å². The Bertz CT molecular complexity index is 419. The number of rotatable bonds is 15. The van der Waals surface area contributed by atoms with Crippen LogP contribution in [0.15, 0.2) is 4.99 Å². The highest BCUT2D eigenvalue weighted by Gasteiger charge is 2.22. The lowest BCUT2D eigenvalue weighted by molar-refractivity contribution is -0.123. The number of nitrogens with two attached hydrogens (primary N) is 1. The van der Waals surface area contributed by atoms with Crippen LogP contribution in [0.2, 0.25) is 0 Å². The van der Waals surface area contributed by atoms with Gasteiger partial charge in [-0.05, 0) is 58.7 Å². The molecule has 1 aliphatic rings. The molecule has 0 radical (unpaired) electrons. The summed E-state index contributed by atoms with van der Waals surface area (Å²) in [6, 6.07) is 0. The summed E-state index contributed by atoms with van der Waals surface area (Å²) in [4.78, 5) is 18.4. The number of amides is 1. The van der Waals surface area contributed by atoms with Gasteiger partial charge in [-0.25, -0.2) is 0 Å². The molecule has 1 saturated heterocycles. The zero-order valence-electron chi connectivity index (χ0n) is 18.5. The quantitative estimate of drug-likeness (QED) is 0.226. The number of aliphatic imine (C=N–C) groups is 1. The van der Waals surface area contributed by atoms with Gasteiger partial charge in [0.2, 0.25) is 5.91 Å². The van der Waals surface area contributed by atoms with Gasteiger partial charge in [0.25, 0.3) is 0 Å². The number of carbonyl (C=O) groups is 1. The van der Waals surface area contributed by atoms with Crippen LogP contribution in [0, 0.1) is 5.92 Å². The molecule has 164 valence electrons. The third kappa shape index (κ3) is 12.2. The fraction of sp³-hybridized carbons (Fsp3) is 0.909. The number of piperidine rings is 1. The topological polar surface area (TPSA) is 82.8 Å². The molecule has 6 heteroatoms. The van der Waals surface area contributed by atoms with Gasteiger partial charge in [-0.15, -0.1) is 0 Å². The van der Waals surface area contributed by atoms with Crippen LogP contribution in [0.5, 0.6) is 0 Å². The largest absolute Gasteiger partial charge is 0.369 e. The van der Waals surface area contributed by atoms with Gasteiger partial charge in [-0.1, -0.05) is 45.4 Å². The Balaban J connectivity index is 2.05. The average Bonchev–Trinajstić information content (AvgIpc) is 2.70. The minimum Gasteiger partial charge on any atom is -0.369 e. The van der Waals surface area contributed by atoms with Crippen molar-refractivity contribution >= 4 is 11.9 Å². The normalized spacial score (nSPS) is 16.3. The van der Waals surface area contributed by atoms with Crippen LogP contribution in [0.25, 0.3) is 0 Å². The molecular weight excluding hydrogens is 350 g/mol. The molecule has 6 nitrogen and oxygen atoms in total. The van der Waals surface area contributed by atoms with Gasteiger partial charge in [0.05, 0.1) is 0 Å². The minimum absolute atomic E-state index is 0.0909. The third-order valence-corrected chi connectivity index (χ3v) is 5.56. The standard InChI is InChI=1S/C22H45N5O/c1-3-5-6-7-8-9-10-15-25-22(24-4-2)26-16-11-12-17-27-18-13-20(14-19-27)21(23)28/h20H,3-19H2,1-2H3,(H2,23,28)(H2,24,25,26). The summed E-state index contributed by atoms with van der Waals surface area (Å²) in [7, 11) is 0. The molecule has 1 fully saturated rings. The Morgan fingerprint density at radius 3 is 2.29 bits per heavy atom. The van der Waals surface area contributed by atoms with E-state index in [1.54, 1.807) is 0 Å². The summed E-state index contributed by atoms with van der Waals surface area (Å²) in [5.41, 5.74) is 5.40. The summed E-state index contributed by atoms with van der Waals surface area (Å²) in [5.74, 6) is 0.916. The van der Waals surface area contributed by atoms with E-state index < -0.39 is 0 Å². The van der Waals surface area contributed by atoms with Crippen molar-refractivity contribution in [1.29, 1.82) is 0 Å². The van der Waals surface area contributed by atoms with Crippen LogP contribution in [0.4, 0.5) is 0 Å². The SMILES string of the molecule is CCCCCCCCCN=C(NCC)NCCCCN1CCC(C(N)=O)CC1. The molecule has 1 aliphatic heterocycles. The predicted molar refractivity (Wildman–Crippen MR) is 120 cm³/mol. The summed E-state index contributed by atoms with van der Waals surface area (Å²) in [5, 5.41) is 6.80. The first-order valence-corrected chi connectivity index (χ1v) is 11.7. The molecule has 1 rings (SSSR count). The predicted octanol–water partition coefficient (Wildman–Crippen LogP) is 3.27. The fourth-order valence-electron chi connectivity index (χ4n) is 3.71. The number of hydrogen-bond acceptors (Lipinski definition) is 3. The van der Waals surface area contributed by atoms with Gasteiger partial charge in [-0.2, -0.15) is 0 Å². The molecule has 0 saturated carbocycles. The lowest BCUT2D eigenvalue weighted by Crippen LogP contribution is -2.39. The molecule has 1 amide bonds. The third-order valence-electron chi connectivity index (χ3n) is 5.56. The van der Waals surface area contributed by atoms with Gasteiger partial charge in [0, 0.05) is 25.6 Å². The van der Waals surface area contributed by atoms with Crippen LogP contribution < -0.4 is 16.4 Å². The zero-order chi connectivity index (χ0) is 20.5. The van der Waals surface area contributed by atoms with E-state index in [1.165, 1.54) is 51.4 Å². The van der Waals surface area contributed by atoms with Gasteiger partial charge in [0.1, 0.15) is 0 Å². The van der Waals surface area contributed by atoms with Crippen LogP contribution in [-0.2, 0) is 4.79 Å². The van der Waals surface area contributed by atoms with Crippen LogP contribution in [0.1, 0.15) is 84.5 Å². The van der Waals surface area contributed by atoms with E-state index in [0.29, 0.717) is 0 Å². The first-order chi connectivity index (χ1) is 13.7. The highest BCUT2D eigenvalue weighted by atomic mass is 16.1. The molecular formula is C22H45N5O. The van der Waals surface area contributed by atoms with Crippen LogP contribution >= 0.6 is 0 Å². The van der Waals surface area contributed by atoms with Gasteiger partial charge < -0.3 is 21.3 Å². The van der Waals surface area contributed by atoms with Crippen molar-refractivity contribution in [2.75, 3.05) is 39.3 Å². The Labute approximate surface area is 173 Å². The summed E-state index contributed by atoms with van der Waals surface area (Å²) < 4.78 is 0. The number of unbranched alkanes of at least 4 members (excludes halogenated alkanes) is 7. The molecule has 0 unspecified atom stereocenters. The van der Waals surface area contributed by atoms with E-state index in [2.05, 4.69) is 29.4 Å². The van der Waals surface area contributed by atoms with Crippen molar-refractivity contribution in [3.05, 3.63) is 0 Å². The number of guanidine groups is 1. The summed E-state index contributed by atoms with van der Waals surface area (Å²) >= 11 is 0. The van der Waals surface area contributed by atoms with E-state index >= 15 is 0 Å². The molecule has 1 heterocycles. The number of nitrogens with zero attached hydrogens (tertiary/aromatic N) is 2. The molecule has 0 aromatic rings. The number of hydrogen-bond donors (Lipinski definition) is 3. The number of likely N-dealkylation sites (tertiary alicyclic amines) is 1. The molecule has 0 aromatic heterocycles. The smallest absolute Gasteiger partial charge is 0.220 e. The molecule has 0 atom stereocenters. The van der Waals surface area contributed by atoms with Gasteiger partial charge >= 0.3 is 0 Å². The van der Waals surface area contributed by atoms with Crippen LogP contribution in [-0.4, -0.2) is 56.0 Å². The number of primary amides is 1. The fourth-order valence-corrected chi connectivity index (χ4v) is 3.71. The second-order valence-electron chi connectivity index (χ2n) is 8.03. The van der Waals surface area contributed by atoms with Gasteiger partial charge in [-0.3, -0.25) is 9.79 Å². The molecule has 28 heavy (non-hydrogen) atoms. The van der Waals surface area contributed by atoms with E-state index in [-0.39, 0.29) is 11.8 Å². The second-order valence-corrected chi connectivity index (χ2v) is 8.03. The van der Waals surface area contributed by atoms with E-state index in [4.69, 9.17) is 10.7 Å². The maximum atomic E-state index is 11.2. The molecule has 0 bridgehead atoms. The first-order valence-electron chi connectivity index (χ1n) is 11.7. The van der Waals surface area contributed by atoms with Crippen molar-refractivity contribution in [1.82, 2.24) is 15.5 Å². The molecule has 4 N–H and O–H groups in total. The maximum Gasteiger partial charge on any atom is 0.220 e. The lowest BCUT2D eigenvalue weighted by Gasteiger charge is -2.30. The van der Waals surface area contributed by atoms with E-state index in [0.717, 1.165) is 64.5 Å². The Kier molecular flexibility index (Phi) is 14.7. The number of nitrogens with one attached hydrogen (secondary N) is 2. The zero-order valence-corrected chi connectivity index (χ0v) is 18.5.